The molecule has 0 aromatic rings. The highest BCUT2D eigenvalue weighted by Crippen LogP contribution is 2.39. The molecule has 0 heterocycles. The number of alkyl halides is 1. The van der Waals surface area contributed by atoms with E-state index in [0.717, 1.165) is 0 Å². The van der Waals surface area contributed by atoms with E-state index in [1.54, 1.807) is 0 Å². The molecule has 6 heteroatoms. The summed E-state index contributed by atoms with van der Waals surface area (Å²) >= 11 is 0. The molecule has 0 radical (unpaired) electrons. The summed E-state index contributed by atoms with van der Waals surface area (Å²) < 4.78 is 20.9. The minimum atomic E-state index is -4.58. The van der Waals surface area contributed by atoms with Crippen molar-refractivity contribution in [2.45, 2.75) is 5.85 Å². The number of aliphatic hydroxyl groups excluding tert-OH is 1. The van der Waals surface area contributed by atoms with E-state index in [2.05, 4.69) is 0 Å². The van der Waals surface area contributed by atoms with E-state index in [1.165, 1.54) is 0 Å². The Morgan fingerprint density at radius 2 is 2.00 bits per heavy atom. The van der Waals surface area contributed by atoms with Crippen molar-refractivity contribution in [3.8, 4) is 0 Å². The van der Waals surface area contributed by atoms with Gasteiger partial charge in [-0.3, -0.25) is 4.57 Å². The molecular weight excluding hydrogens is 138 g/mol. The van der Waals surface area contributed by atoms with E-state index >= 15 is 0 Å². The molecule has 0 aromatic carbocycles. The fraction of sp³-hybridized carbons (Fsp3) is 1.00. The Morgan fingerprint density at radius 3 is 2.00 bits per heavy atom. The molecule has 0 aliphatic rings. The van der Waals surface area contributed by atoms with Gasteiger partial charge >= 0.3 is 7.60 Å². The molecule has 1 unspecified atom stereocenters. The normalized spacial score (nSPS) is 16.0. The van der Waals surface area contributed by atoms with Crippen molar-refractivity contribution >= 4 is 7.60 Å². The number of rotatable bonds is 2. The third kappa shape index (κ3) is 2.37. The summed E-state index contributed by atoms with van der Waals surface area (Å²) in [7, 11) is -4.58. The third-order valence-corrected chi connectivity index (χ3v) is 1.44. The molecule has 1 atom stereocenters. The Bertz CT molecular complexity index is 109. The highest BCUT2D eigenvalue weighted by atomic mass is 31.2. The van der Waals surface area contributed by atoms with Crippen molar-refractivity contribution in [1.82, 2.24) is 0 Å². The van der Waals surface area contributed by atoms with Crippen LogP contribution in [0.5, 0.6) is 0 Å². The van der Waals surface area contributed by atoms with E-state index in [4.69, 9.17) is 14.9 Å². The van der Waals surface area contributed by atoms with Crippen LogP contribution in [0.15, 0.2) is 0 Å². The van der Waals surface area contributed by atoms with Gasteiger partial charge in [0.2, 0.25) is 0 Å². The zero-order chi connectivity index (χ0) is 6.78. The second kappa shape index (κ2) is 2.55. The maximum Gasteiger partial charge on any atom is 0.356 e. The zero-order valence-electron chi connectivity index (χ0n) is 3.86. The fourth-order valence-electron chi connectivity index (χ4n) is 0.0899. The van der Waals surface area contributed by atoms with Gasteiger partial charge in [0, 0.05) is 0 Å². The lowest BCUT2D eigenvalue weighted by Gasteiger charge is -2.05. The first-order chi connectivity index (χ1) is 3.48. The van der Waals surface area contributed by atoms with Crippen LogP contribution in [0.25, 0.3) is 0 Å². The lowest BCUT2D eigenvalue weighted by atomic mass is 10.8. The van der Waals surface area contributed by atoms with E-state index in [-0.39, 0.29) is 0 Å². The van der Waals surface area contributed by atoms with Gasteiger partial charge in [0.25, 0.3) is 0 Å². The molecule has 0 aromatic heterocycles. The maximum atomic E-state index is 11.1. The van der Waals surface area contributed by atoms with Crippen molar-refractivity contribution in [1.29, 1.82) is 0 Å². The fourth-order valence-corrected chi connectivity index (χ4v) is 0.270. The molecule has 0 amide bonds. The monoisotopic (exact) mass is 144 g/mol. The van der Waals surface area contributed by atoms with Gasteiger partial charge < -0.3 is 14.9 Å². The standard InChI is InChI=1S/C2H6FO4P/c3-1-2(4)8(5,6)7/h2,4H,1H2,(H2,5,6,7). The first kappa shape index (κ1) is 8.04. The van der Waals surface area contributed by atoms with Gasteiger partial charge in [-0.1, -0.05) is 0 Å². The molecule has 0 bridgehead atoms. The summed E-state index contributed by atoms with van der Waals surface area (Å²) in [5.41, 5.74) is 0. The van der Waals surface area contributed by atoms with E-state index in [1.807, 2.05) is 0 Å². The summed E-state index contributed by atoms with van der Waals surface area (Å²) in [5, 5.41) is 8.06. The van der Waals surface area contributed by atoms with Crippen LogP contribution in [-0.4, -0.2) is 27.4 Å². The number of halogens is 1. The van der Waals surface area contributed by atoms with Crippen molar-refractivity contribution in [3.63, 3.8) is 0 Å². The zero-order valence-corrected chi connectivity index (χ0v) is 4.75. The number of hydrogen-bond donors (Lipinski definition) is 3. The van der Waals surface area contributed by atoms with Gasteiger partial charge in [-0.25, -0.2) is 4.39 Å². The second-order valence-electron chi connectivity index (χ2n) is 1.22. The van der Waals surface area contributed by atoms with Crippen molar-refractivity contribution in [2.75, 3.05) is 6.67 Å². The van der Waals surface area contributed by atoms with Gasteiger partial charge in [-0.15, -0.1) is 0 Å². The Hall–Kier alpha value is 0.0400. The predicted molar refractivity (Wildman–Crippen MR) is 24.0 cm³/mol. The topological polar surface area (TPSA) is 77.8 Å². The number of aliphatic hydroxyl groups is 1. The predicted octanol–water partition coefficient (Wildman–Crippen LogP) is -0.548. The molecule has 3 N–H and O–H groups in total. The first-order valence-electron chi connectivity index (χ1n) is 1.77. The Kier molecular flexibility index (Phi) is 2.56. The summed E-state index contributed by atoms with van der Waals surface area (Å²) in [6.45, 7) is -1.41. The molecule has 4 nitrogen and oxygen atoms in total. The lowest BCUT2D eigenvalue weighted by molar-refractivity contribution is 0.171. The second-order valence-corrected chi connectivity index (χ2v) is 3.00. The highest BCUT2D eigenvalue weighted by molar-refractivity contribution is 7.52. The van der Waals surface area contributed by atoms with Crippen molar-refractivity contribution in [3.05, 3.63) is 0 Å². The van der Waals surface area contributed by atoms with Crippen LogP contribution in [0, 0.1) is 0 Å². The Labute approximate surface area is 45.1 Å². The van der Waals surface area contributed by atoms with Crippen LogP contribution >= 0.6 is 7.60 Å². The van der Waals surface area contributed by atoms with Gasteiger partial charge in [-0.05, 0) is 0 Å². The van der Waals surface area contributed by atoms with Crippen LogP contribution in [0.2, 0.25) is 0 Å². The molecule has 0 spiro atoms. The van der Waals surface area contributed by atoms with Gasteiger partial charge in [0.15, 0.2) is 5.85 Å². The lowest BCUT2D eigenvalue weighted by Crippen LogP contribution is -2.08. The first-order valence-corrected chi connectivity index (χ1v) is 3.46. The van der Waals surface area contributed by atoms with E-state index in [9.17, 15) is 8.96 Å². The SMILES string of the molecule is O=P(O)(O)C(O)CF. The molecule has 0 saturated heterocycles. The molecule has 0 saturated carbocycles. The Balaban J connectivity index is 3.82. The maximum absolute atomic E-state index is 11.1. The third-order valence-electron chi connectivity index (χ3n) is 0.526. The molecule has 50 valence electrons. The largest absolute Gasteiger partial charge is 0.378 e. The summed E-state index contributed by atoms with van der Waals surface area (Å²) in [4.78, 5) is 15.8. The summed E-state index contributed by atoms with van der Waals surface area (Å²) in [6, 6.07) is 0. The van der Waals surface area contributed by atoms with Crippen molar-refractivity contribution in [2.24, 2.45) is 0 Å². The quantitative estimate of drug-likeness (QED) is 0.454. The van der Waals surface area contributed by atoms with E-state index in [0.29, 0.717) is 0 Å². The van der Waals surface area contributed by atoms with Crippen LogP contribution in [0.4, 0.5) is 4.39 Å². The van der Waals surface area contributed by atoms with Gasteiger partial charge in [-0.2, -0.15) is 0 Å². The molecule has 0 aliphatic heterocycles. The molecule has 0 rings (SSSR count). The highest BCUT2D eigenvalue weighted by Gasteiger charge is 2.25. The summed E-state index contributed by atoms with van der Waals surface area (Å²) in [6.07, 6.45) is 0. The molecule has 0 fully saturated rings. The van der Waals surface area contributed by atoms with Crippen LogP contribution in [-0.2, 0) is 4.57 Å². The Morgan fingerprint density at radius 1 is 1.62 bits per heavy atom. The minimum Gasteiger partial charge on any atom is -0.378 e. The average molecular weight is 144 g/mol. The molecule has 0 aliphatic carbocycles. The summed E-state index contributed by atoms with van der Waals surface area (Å²) in [5.74, 6) is -2.15. The van der Waals surface area contributed by atoms with Crippen molar-refractivity contribution < 1.29 is 23.8 Å². The smallest absolute Gasteiger partial charge is 0.356 e. The van der Waals surface area contributed by atoms with Crippen LogP contribution in [0.3, 0.4) is 0 Å². The van der Waals surface area contributed by atoms with Gasteiger partial charge in [0.1, 0.15) is 6.67 Å². The van der Waals surface area contributed by atoms with Crippen LogP contribution in [0.1, 0.15) is 0 Å². The van der Waals surface area contributed by atoms with Crippen LogP contribution < -0.4 is 0 Å². The van der Waals surface area contributed by atoms with Gasteiger partial charge in [0.05, 0.1) is 0 Å². The average Bonchev–Trinajstić information content (AvgIpc) is 1.62. The molecular formula is C2H6FO4P. The molecule has 8 heavy (non-hydrogen) atoms. The minimum absolute atomic E-state index is 1.41. The van der Waals surface area contributed by atoms with E-state index < -0.39 is 20.1 Å². The number of hydrogen-bond acceptors (Lipinski definition) is 2.